The molecule has 0 fully saturated rings. The minimum atomic E-state index is -0.298. The second-order valence-corrected chi connectivity index (χ2v) is 8.10. The average Bonchev–Trinajstić information content (AvgIpc) is 2.80. The lowest BCUT2D eigenvalue weighted by Gasteiger charge is -2.28. The SMILES string of the molecule is CCN(CC)C(CCCCNC(=O)c1ccccc1)C(=O)N/N=C/c1ccc(Cl)cc1Cl. The van der Waals surface area contributed by atoms with Crippen molar-refractivity contribution in [3.05, 3.63) is 69.7 Å². The Morgan fingerprint density at radius 2 is 1.78 bits per heavy atom. The number of hydrogen-bond donors (Lipinski definition) is 2. The zero-order valence-electron chi connectivity index (χ0n) is 18.5. The van der Waals surface area contributed by atoms with Crippen LogP contribution in [0, 0.1) is 0 Å². The van der Waals surface area contributed by atoms with Crippen molar-refractivity contribution >= 4 is 41.2 Å². The van der Waals surface area contributed by atoms with E-state index in [4.69, 9.17) is 23.2 Å². The Morgan fingerprint density at radius 3 is 2.44 bits per heavy atom. The number of hydrazone groups is 1. The highest BCUT2D eigenvalue weighted by Gasteiger charge is 2.23. The highest BCUT2D eigenvalue weighted by Crippen LogP contribution is 2.19. The third kappa shape index (κ3) is 8.26. The zero-order chi connectivity index (χ0) is 23.3. The molecular weight excluding hydrogens is 447 g/mol. The maximum Gasteiger partial charge on any atom is 0.257 e. The number of carbonyl (C=O) groups excluding carboxylic acids is 2. The number of carbonyl (C=O) groups is 2. The predicted molar refractivity (Wildman–Crippen MR) is 132 cm³/mol. The van der Waals surface area contributed by atoms with Crippen molar-refractivity contribution in [1.82, 2.24) is 15.6 Å². The average molecular weight is 477 g/mol. The Kier molecular flexibility index (Phi) is 11.2. The van der Waals surface area contributed by atoms with Crippen molar-refractivity contribution in [2.75, 3.05) is 19.6 Å². The molecule has 0 aromatic heterocycles. The Balaban J connectivity index is 1.85. The molecule has 0 radical (unpaired) electrons. The van der Waals surface area contributed by atoms with Gasteiger partial charge in [-0.05, 0) is 56.6 Å². The Labute approximate surface area is 200 Å². The monoisotopic (exact) mass is 476 g/mol. The Morgan fingerprint density at radius 1 is 1.06 bits per heavy atom. The van der Waals surface area contributed by atoms with Crippen molar-refractivity contribution < 1.29 is 9.59 Å². The maximum atomic E-state index is 12.8. The van der Waals surface area contributed by atoms with Crippen molar-refractivity contribution in [2.45, 2.75) is 39.2 Å². The van der Waals surface area contributed by atoms with Crippen LogP contribution in [-0.2, 0) is 4.79 Å². The molecule has 0 aliphatic carbocycles. The molecule has 2 N–H and O–H groups in total. The van der Waals surface area contributed by atoms with Gasteiger partial charge in [-0.3, -0.25) is 14.5 Å². The third-order valence-corrected chi connectivity index (χ3v) is 5.68. The molecule has 0 bridgehead atoms. The van der Waals surface area contributed by atoms with E-state index < -0.39 is 0 Å². The molecule has 0 spiro atoms. The number of unbranched alkanes of at least 4 members (excludes halogenated alkanes) is 1. The quantitative estimate of drug-likeness (QED) is 0.263. The van der Waals surface area contributed by atoms with Crippen LogP contribution < -0.4 is 10.7 Å². The summed E-state index contributed by atoms with van der Waals surface area (Å²) in [6, 6.07) is 13.9. The van der Waals surface area contributed by atoms with Crippen LogP contribution in [-0.4, -0.2) is 48.6 Å². The van der Waals surface area contributed by atoms with Crippen molar-refractivity contribution in [2.24, 2.45) is 5.10 Å². The molecule has 2 aromatic rings. The van der Waals surface area contributed by atoms with Gasteiger partial charge in [-0.15, -0.1) is 0 Å². The van der Waals surface area contributed by atoms with E-state index >= 15 is 0 Å². The van der Waals surface area contributed by atoms with Gasteiger partial charge >= 0.3 is 0 Å². The third-order valence-electron chi connectivity index (χ3n) is 5.12. The summed E-state index contributed by atoms with van der Waals surface area (Å²) in [7, 11) is 0. The molecule has 172 valence electrons. The fourth-order valence-corrected chi connectivity index (χ4v) is 3.80. The van der Waals surface area contributed by atoms with Crippen molar-refractivity contribution in [3.8, 4) is 0 Å². The first-order valence-electron chi connectivity index (χ1n) is 10.8. The zero-order valence-corrected chi connectivity index (χ0v) is 20.0. The summed E-state index contributed by atoms with van der Waals surface area (Å²) >= 11 is 12.0. The van der Waals surface area contributed by atoms with Gasteiger partial charge in [0.2, 0.25) is 0 Å². The summed E-state index contributed by atoms with van der Waals surface area (Å²) in [6.07, 6.45) is 3.77. The lowest BCUT2D eigenvalue weighted by Crippen LogP contribution is -2.45. The van der Waals surface area contributed by atoms with Gasteiger partial charge in [-0.25, -0.2) is 5.43 Å². The van der Waals surface area contributed by atoms with Crippen molar-refractivity contribution in [1.29, 1.82) is 0 Å². The number of likely N-dealkylation sites (N-methyl/N-ethyl adjacent to an activating group) is 1. The first-order chi connectivity index (χ1) is 15.5. The van der Waals surface area contributed by atoms with E-state index in [1.807, 2.05) is 32.0 Å². The van der Waals surface area contributed by atoms with Gasteiger partial charge < -0.3 is 5.32 Å². The molecule has 6 nitrogen and oxygen atoms in total. The van der Waals surface area contributed by atoms with Gasteiger partial charge in [-0.2, -0.15) is 5.10 Å². The molecule has 0 saturated heterocycles. The normalized spacial score (nSPS) is 12.2. The van der Waals surface area contributed by atoms with Crippen LogP contribution >= 0.6 is 23.2 Å². The number of nitrogens with one attached hydrogen (secondary N) is 2. The summed E-state index contributed by atoms with van der Waals surface area (Å²) in [6.45, 7) is 6.13. The van der Waals surface area contributed by atoms with E-state index in [1.165, 1.54) is 6.21 Å². The second-order valence-electron chi connectivity index (χ2n) is 7.25. The Hall–Kier alpha value is -2.41. The second kappa shape index (κ2) is 13.9. The smallest absolute Gasteiger partial charge is 0.257 e. The summed E-state index contributed by atoms with van der Waals surface area (Å²) in [5.41, 5.74) is 3.95. The molecule has 0 aliphatic heterocycles. The minimum absolute atomic E-state index is 0.0844. The number of nitrogens with zero attached hydrogens (tertiary/aromatic N) is 2. The van der Waals surface area contributed by atoms with Crippen LogP contribution in [0.25, 0.3) is 0 Å². The summed E-state index contributed by atoms with van der Waals surface area (Å²) in [5.74, 6) is -0.248. The van der Waals surface area contributed by atoms with Crippen LogP contribution in [0.2, 0.25) is 10.0 Å². The highest BCUT2D eigenvalue weighted by molar-refractivity contribution is 6.36. The van der Waals surface area contributed by atoms with Crippen molar-refractivity contribution in [3.63, 3.8) is 0 Å². The first kappa shape index (κ1) is 25.8. The molecule has 0 saturated carbocycles. The largest absolute Gasteiger partial charge is 0.352 e. The molecule has 1 atom stereocenters. The van der Waals surface area contributed by atoms with E-state index in [9.17, 15) is 9.59 Å². The number of rotatable bonds is 12. The summed E-state index contributed by atoms with van der Waals surface area (Å²) in [4.78, 5) is 27.0. The van der Waals surface area contributed by atoms with Crippen LogP contribution in [0.4, 0.5) is 0 Å². The van der Waals surface area contributed by atoms with E-state index in [0.29, 0.717) is 34.1 Å². The lowest BCUT2D eigenvalue weighted by atomic mass is 10.1. The van der Waals surface area contributed by atoms with Crippen LogP contribution in [0.3, 0.4) is 0 Å². The summed E-state index contributed by atoms with van der Waals surface area (Å²) < 4.78 is 0. The maximum absolute atomic E-state index is 12.8. The van der Waals surface area contributed by atoms with Gasteiger partial charge in [0.25, 0.3) is 11.8 Å². The van der Waals surface area contributed by atoms with E-state index in [2.05, 4.69) is 20.7 Å². The van der Waals surface area contributed by atoms with Gasteiger partial charge in [0, 0.05) is 22.7 Å². The minimum Gasteiger partial charge on any atom is -0.352 e. The van der Waals surface area contributed by atoms with E-state index in [0.717, 1.165) is 25.9 Å². The summed E-state index contributed by atoms with van der Waals surface area (Å²) in [5, 5.41) is 8.00. The predicted octanol–water partition coefficient (Wildman–Crippen LogP) is 4.75. The first-order valence-corrected chi connectivity index (χ1v) is 11.6. The molecule has 2 aromatic carbocycles. The molecule has 2 amide bonds. The molecule has 8 heteroatoms. The van der Waals surface area contributed by atoms with Crippen LogP contribution in [0.5, 0.6) is 0 Å². The molecular formula is C24H30Cl2N4O2. The van der Waals surface area contributed by atoms with E-state index in [1.54, 1.807) is 30.3 Å². The molecule has 0 aliphatic rings. The number of benzene rings is 2. The Bertz CT molecular complexity index is 902. The van der Waals surface area contributed by atoms with E-state index in [-0.39, 0.29) is 17.9 Å². The molecule has 0 heterocycles. The molecule has 1 unspecified atom stereocenters. The lowest BCUT2D eigenvalue weighted by molar-refractivity contribution is -0.126. The van der Waals surface area contributed by atoms with Gasteiger partial charge in [-0.1, -0.05) is 61.3 Å². The fourth-order valence-electron chi connectivity index (χ4n) is 3.35. The standard InChI is InChI=1S/C24H30Cl2N4O2/c1-3-30(4-2)22(12-8-9-15-27-23(31)18-10-6-5-7-11-18)24(32)29-28-17-19-13-14-20(25)16-21(19)26/h5-7,10-11,13-14,16-17,22H,3-4,8-9,12,15H2,1-2H3,(H,27,31)(H,29,32)/b28-17+. The highest BCUT2D eigenvalue weighted by atomic mass is 35.5. The van der Waals surface area contributed by atoms with Crippen LogP contribution in [0.1, 0.15) is 49.0 Å². The topological polar surface area (TPSA) is 73.8 Å². The van der Waals surface area contributed by atoms with Gasteiger partial charge in [0.15, 0.2) is 0 Å². The number of amides is 2. The molecule has 2 rings (SSSR count). The number of halogens is 2. The van der Waals surface area contributed by atoms with Gasteiger partial charge in [0.1, 0.15) is 0 Å². The van der Waals surface area contributed by atoms with Gasteiger partial charge in [0.05, 0.1) is 17.3 Å². The molecule has 32 heavy (non-hydrogen) atoms. The number of hydrogen-bond acceptors (Lipinski definition) is 4. The fraction of sp³-hybridized carbons (Fsp3) is 0.375. The van der Waals surface area contributed by atoms with Crippen LogP contribution in [0.15, 0.2) is 53.6 Å².